The van der Waals surface area contributed by atoms with Crippen LogP contribution in [0.25, 0.3) is 0 Å². The number of carbonyl (C=O) groups is 2. The summed E-state index contributed by atoms with van der Waals surface area (Å²) < 4.78 is 5.06. The molecule has 29 heavy (non-hydrogen) atoms. The van der Waals surface area contributed by atoms with E-state index in [4.69, 9.17) is 4.74 Å². The Balaban J connectivity index is 1.87. The van der Waals surface area contributed by atoms with Gasteiger partial charge in [0.2, 0.25) is 0 Å². The minimum absolute atomic E-state index is 0.0600. The fourth-order valence-electron chi connectivity index (χ4n) is 3.29. The van der Waals surface area contributed by atoms with Crippen LogP contribution in [0.5, 0.6) is 0 Å². The molecule has 0 aliphatic carbocycles. The van der Waals surface area contributed by atoms with E-state index in [0.29, 0.717) is 58.0 Å². The smallest absolute Gasteiger partial charge is 0.409 e. The van der Waals surface area contributed by atoms with Gasteiger partial charge in [-0.1, -0.05) is 12.1 Å². The Labute approximate surface area is 173 Å². The highest BCUT2D eigenvalue weighted by atomic mass is 16.6. The number of hydrogen-bond donors (Lipinski definition) is 1. The second kappa shape index (κ2) is 11.3. The van der Waals surface area contributed by atoms with Crippen LogP contribution in [0.15, 0.2) is 29.3 Å². The van der Waals surface area contributed by atoms with Gasteiger partial charge >= 0.3 is 6.09 Å². The van der Waals surface area contributed by atoms with Crippen molar-refractivity contribution in [1.82, 2.24) is 20.0 Å². The first-order valence-corrected chi connectivity index (χ1v) is 10.3. The summed E-state index contributed by atoms with van der Waals surface area (Å²) in [6.45, 7) is 10.8. The number of amides is 2. The Morgan fingerprint density at radius 3 is 2.14 bits per heavy atom. The molecule has 0 unspecified atom stereocenters. The fraction of sp³-hybridized carbons (Fsp3) is 0.571. The van der Waals surface area contributed by atoms with Gasteiger partial charge in [-0.05, 0) is 38.5 Å². The SMILES string of the molecule is CCOC(=O)N1CCN(C(=NC)NCc2ccc(C(=O)N(CC)CC)cc2)CC1. The summed E-state index contributed by atoms with van der Waals surface area (Å²) in [5, 5.41) is 3.36. The normalized spacial score (nSPS) is 14.6. The Morgan fingerprint density at radius 1 is 1.03 bits per heavy atom. The van der Waals surface area contributed by atoms with Crippen molar-refractivity contribution in [3.05, 3.63) is 35.4 Å². The first-order valence-electron chi connectivity index (χ1n) is 10.3. The van der Waals surface area contributed by atoms with Gasteiger partial charge in [0.05, 0.1) is 6.61 Å². The van der Waals surface area contributed by atoms with Crippen molar-refractivity contribution in [2.75, 3.05) is 52.9 Å². The zero-order valence-electron chi connectivity index (χ0n) is 18.0. The molecule has 2 rings (SSSR count). The number of nitrogens with one attached hydrogen (secondary N) is 1. The Hall–Kier alpha value is -2.77. The number of aliphatic imine (C=N–C) groups is 1. The van der Waals surface area contributed by atoms with Gasteiger partial charge in [-0.15, -0.1) is 0 Å². The second-order valence-electron chi connectivity index (χ2n) is 6.75. The molecule has 1 aromatic rings. The average molecular weight is 404 g/mol. The van der Waals surface area contributed by atoms with Crippen LogP contribution in [0, 0.1) is 0 Å². The summed E-state index contributed by atoms with van der Waals surface area (Å²) in [5.74, 6) is 0.863. The van der Waals surface area contributed by atoms with Crippen molar-refractivity contribution < 1.29 is 14.3 Å². The van der Waals surface area contributed by atoms with Gasteiger partial charge in [0.15, 0.2) is 5.96 Å². The molecule has 1 aliphatic heterocycles. The molecule has 0 aromatic heterocycles. The number of rotatable bonds is 6. The Morgan fingerprint density at radius 2 is 1.62 bits per heavy atom. The van der Waals surface area contributed by atoms with Gasteiger partial charge in [0.25, 0.3) is 5.91 Å². The van der Waals surface area contributed by atoms with E-state index >= 15 is 0 Å². The lowest BCUT2D eigenvalue weighted by Crippen LogP contribution is -2.53. The van der Waals surface area contributed by atoms with E-state index < -0.39 is 0 Å². The molecular formula is C21H33N5O3. The van der Waals surface area contributed by atoms with Gasteiger partial charge in [-0.3, -0.25) is 9.79 Å². The monoisotopic (exact) mass is 403 g/mol. The third-order valence-corrected chi connectivity index (χ3v) is 5.02. The van der Waals surface area contributed by atoms with Crippen molar-refractivity contribution >= 4 is 18.0 Å². The minimum atomic E-state index is -0.255. The van der Waals surface area contributed by atoms with Crippen LogP contribution in [0.1, 0.15) is 36.7 Å². The third-order valence-electron chi connectivity index (χ3n) is 5.02. The molecule has 0 radical (unpaired) electrons. The molecule has 1 heterocycles. The van der Waals surface area contributed by atoms with Crippen molar-refractivity contribution in [2.45, 2.75) is 27.3 Å². The average Bonchev–Trinajstić information content (AvgIpc) is 2.76. The lowest BCUT2D eigenvalue weighted by molar-refractivity contribution is 0.0772. The summed E-state index contributed by atoms with van der Waals surface area (Å²) in [6.07, 6.45) is -0.255. The number of carbonyl (C=O) groups excluding carboxylic acids is 2. The topological polar surface area (TPSA) is 77.5 Å². The van der Waals surface area contributed by atoms with Crippen molar-refractivity contribution in [2.24, 2.45) is 4.99 Å². The number of ether oxygens (including phenoxy) is 1. The van der Waals surface area contributed by atoms with Crippen molar-refractivity contribution in [1.29, 1.82) is 0 Å². The van der Waals surface area contributed by atoms with Crippen molar-refractivity contribution in [3.63, 3.8) is 0 Å². The quantitative estimate of drug-likeness (QED) is 0.581. The number of hydrogen-bond acceptors (Lipinski definition) is 4. The fourth-order valence-corrected chi connectivity index (χ4v) is 3.29. The van der Waals surface area contributed by atoms with E-state index in [2.05, 4.69) is 15.2 Å². The highest BCUT2D eigenvalue weighted by Gasteiger charge is 2.23. The van der Waals surface area contributed by atoms with Crippen molar-refractivity contribution in [3.8, 4) is 0 Å². The van der Waals surface area contributed by atoms with E-state index in [1.807, 2.05) is 49.9 Å². The molecule has 8 heteroatoms. The predicted molar refractivity (Wildman–Crippen MR) is 114 cm³/mol. The summed E-state index contributed by atoms with van der Waals surface area (Å²) in [6, 6.07) is 7.68. The molecule has 8 nitrogen and oxygen atoms in total. The van der Waals surface area contributed by atoms with Crippen LogP contribution in [0.2, 0.25) is 0 Å². The molecule has 0 spiro atoms. The van der Waals surface area contributed by atoms with E-state index in [-0.39, 0.29) is 12.0 Å². The maximum atomic E-state index is 12.4. The van der Waals surface area contributed by atoms with Gasteiger partial charge in [-0.25, -0.2) is 4.79 Å². The molecule has 0 atom stereocenters. The molecule has 1 saturated heterocycles. The molecule has 1 fully saturated rings. The molecule has 2 amide bonds. The van der Waals surface area contributed by atoms with E-state index in [9.17, 15) is 9.59 Å². The summed E-state index contributed by atoms with van der Waals surface area (Å²) in [5.41, 5.74) is 1.78. The third kappa shape index (κ3) is 6.10. The standard InChI is InChI=1S/C21H33N5O3/c1-5-24(6-2)19(27)18-10-8-17(9-11-18)16-23-20(22-4)25-12-14-26(15-13-25)21(28)29-7-3/h8-11H,5-7,12-16H2,1-4H3,(H,22,23). The van der Waals surface area contributed by atoms with Crippen LogP contribution in [0.3, 0.4) is 0 Å². The number of benzene rings is 1. The maximum absolute atomic E-state index is 12.4. The summed E-state index contributed by atoms with van der Waals surface area (Å²) >= 11 is 0. The Bertz CT molecular complexity index is 693. The first-order chi connectivity index (χ1) is 14.0. The van der Waals surface area contributed by atoms with Crippen LogP contribution >= 0.6 is 0 Å². The number of piperazine rings is 1. The molecule has 0 bridgehead atoms. The predicted octanol–water partition coefficient (Wildman–Crippen LogP) is 2.02. The first kappa shape index (κ1) is 22.5. The van der Waals surface area contributed by atoms with E-state index in [1.165, 1.54) is 0 Å². The highest BCUT2D eigenvalue weighted by molar-refractivity contribution is 5.94. The van der Waals surface area contributed by atoms with Crippen LogP contribution in [-0.4, -0.2) is 85.6 Å². The maximum Gasteiger partial charge on any atom is 0.409 e. The number of guanidine groups is 1. The lowest BCUT2D eigenvalue weighted by atomic mass is 10.1. The molecule has 1 aliphatic rings. The second-order valence-corrected chi connectivity index (χ2v) is 6.75. The molecule has 1 aromatic carbocycles. The van der Waals surface area contributed by atoms with Gasteiger partial charge < -0.3 is 24.8 Å². The largest absolute Gasteiger partial charge is 0.450 e. The van der Waals surface area contributed by atoms with Crippen LogP contribution in [-0.2, 0) is 11.3 Å². The molecule has 160 valence electrons. The molecule has 0 saturated carbocycles. The zero-order chi connectivity index (χ0) is 21.2. The minimum Gasteiger partial charge on any atom is -0.450 e. The Kier molecular flexibility index (Phi) is 8.76. The summed E-state index contributed by atoms with van der Waals surface area (Å²) in [4.78, 5) is 34.2. The van der Waals surface area contributed by atoms with Gasteiger partial charge in [0.1, 0.15) is 0 Å². The summed E-state index contributed by atoms with van der Waals surface area (Å²) in [7, 11) is 1.76. The van der Waals surface area contributed by atoms with Crippen LogP contribution in [0.4, 0.5) is 4.79 Å². The lowest BCUT2D eigenvalue weighted by Gasteiger charge is -2.35. The number of nitrogens with zero attached hydrogens (tertiary/aromatic N) is 4. The van der Waals surface area contributed by atoms with E-state index in [0.717, 1.165) is 11.5 Å². The molecule has 1 N–H and O–H groups in total. The van der Waals surface area contributed by atoms with Gasteiger partial charge in [0, 0.05) is 58.4 Å². The zero-order valence-corrected chi connectivity index (χ0v) is 18.0. The highest BCUT2D eigenvalue weighted by Crippen LogP contribution is 2.09. The molecular weight excluding hydrogens is 370 g/mol. The van der Waals surface area contributed by atoms with Gasteiger partial charge in [-0.2, -0.15) is 0 Å². The van der Waals surface area contributed by atoms with Crippen LogP contribution < -0.4 is 5.32 Å². The van der Waals surface area contributed by atoms with E-state index in [1.54, 1.807) is 11.9 Å².